The normalized spacial score (nSPS) is 26.4. The number of amides is 1. The molecule has 2 fully saturated rings. The highest BCUT2D eigenvalue weighted by molar-refractivity contribution is 7.12. The van der Waals surface area contributed by atoms with E-state index in [4.69, 9.17) is 9.47 Å². The van der Waals surface area contributed by atoms with Gasteiger partial charge in [0.15, 0.2) is 0 Å². The van der Waals surface area contributed by atoms with Crippen LogP contribution in [0.2, 0.25) is 0 Å². The minimum Gasteiger partial charge on any atom is -0.378 e. The van der Waals surface area contributed by atoms with Crippen LogP contribution in [0.25, 0.3) is 0 Å². The van der Waals surface area contributed by atoms with Gasteiger partial charge in [0.1, 0.15) is 0 Å². The maximum atomic E-state index is 13.0. The van der Waals surface area contributed by atoms with Gasteiger partial charge in [0.25, 0.3) is 5.91 Å². The monoisotopic (exact) mass is 349 g/mol. The smallest absolute Gasteiger partial charge is 0.264 e. The number of rotatable bonds is 2. The van der Waals surface area contributed by atoms with Crippen molar-refractivity contribution < 1.29 is 14.3 Å². The minimum absolute atomic E-state index is 0.168. The van der Waals surface area contributed by atoms with Gasteiger partial charge in [-0.3, -0.25) is 4.79 Å². The average Bonchev–Trinajstić information content (AvgIpc) is 3.06. The lowest BCUT2D eigenvalue weighted by atomic mass is 9.81. The Bertz CT molecular complexity index is 604. The topological polar surface area (TPSA) is 38.8 Å². The summed E-state index contributed by atoms with van der Waals surface area (Å²) in [4.78, 5) is 16.1. The van der Waals surface area contributed by atoms with Crippen molar-refractivity contribution >= 4 is 17.2 Å². The van der Waals surface area contributed by atoms with Crippen LogP contribution in [0.15, 0.2) is 5.38 Å². The van der Waals surface area contributed by atoms with Crippen LogP contribution in [0, 0.1) is 0 Å². The van der Waals surface area contributed by atoms with Gasteiger partial charge in [-0.15, -0.1) is 11.3 Å². The Balaban J connectivity index is 1.46. The van der Waals surface area contributed by atoms with E-state index in [-0.39, 0.29) is 17.6 Å². The van der Waals surface area contributed by atoms with Gasteiger partial charge in [0, 0.05) is 26.8 Å². The summed E-state index contributed by atoms with van der Waals surface area (Å²) in [5.41, 5.74) is 2.58. The summed E-state index contributed by atoms with van der Waals surface area (Å²) in [6.07, 6.45) is 8.81. The molecular weight excluding hydrogens is 322 g/mol. The summed E-state index contributed by atoms with van der Waals surface area (Å²) in [6, 6.07) is 0. The lowest BCUT2D eigenvalue weighted by Crippen LogP contribution is -2.56. The third-order valence-corrected chi connectivity index (χ3v) is 7.13. The van der Waals surface area contributed by atoms with E-state index in [1.165, 1.54) is 24.0 Å². The predicted molar refractivity (Wildman–Crippen MR) is 94.8 cm³/mol. The summed E-state index contributed by atoms with van der Waals surface area (Å²) in [6.45, 7) is 2.39. The standard InChI is InChI=1S/C19H27NO3S/c1-22-16-7-4-12-23-19(16)8-10-20(11-9-19)18(21)17-15-6-3-2-5-14(15)13-24-17/h13,16H,2-12H2,1H3. The molecule has 3 aliphatic rings. The molecule has 1 amide bonds. The lowest BCUT2D eigenvalue weighted by molar-refractivity contribution is -0.183. The summed E-state index contributed by atoms with van der Waals surface area (Å²) in [7, 11) is 1.79. The Labute approximate surface area is 148 Å². The summed E-state index contributed by atoms with van der Waals surface area (Å²) in [5, 5.41) is 2.21. The van der Waals surface area contributed by atoms with Gasteiger partial charge in [0.05, 0.1) is 16.6 Å². The van der Waals surface area contributed by atoms with Crippen molar-refractivity contribution in [3.05, 3.63) is 21.4 Å². The zero-order valence-electron chi connectivity index (χ0n) is 14.5. The third-order valence-electron chi connectivity index (χ3n) is 6.07. The van der Waals surface area contributed by atoms with Crippen LogP contribution in [-0.2, 0) is 22.3 Å². The number of methoxy groups -OCH3 is 1. The Morgan fingerprint density at radius 3 is 2.88 bits per heavy atom. The summed E-state index contributed by atoms with van der Waals surface area (Å²) >= 11 is 1.65. The van der Waals surface area contributed by atoms with Crippen LogP contribution in [0.3, 0.4) is 0 Å². The maximum Gasteiger partial charge on any atom is 0.264 e. The van der Waals surface area contributed by atoms with Crippen LogP contribution >= 0.6 is 11.3 Å². The Hall–Kier alpha value is -0.910. The van der Waals surface area contributed by atoms with Crippen molar-refractivity contribution in [3.63, 3.8) is 0 Å². The number of nitrogens with zero attached hydrogens (tertiary/aromatic N) is 1. The molecule has 4 rings (SSSR count). The molecule has 2 saturated heterocycles. The van der Waals surface area contributed by atoms with Gasteiger partial charge >= 0.3 is 0 Å². The van der Waals surface area contributed by atoms with Crippen LogP contribution < -0.4 is 0 Å². The molecule has 0 aromatic carbocycles. The second-order valence-electron chi connectivity index (χ2n) is 7.35. The van der Waals surface area contributed by atoms with Gasteiger partial charge in [-0.05, 0) is 67.9 Å². The predicted octanol–water partition coefficient (Wildman–Crippen LogP) is 3.43. The largest absolute Gasteiger partial charge is 0.378 e. The molecule has 2 aliphatic heterocycles. The molecular formula is C19H27NO3S. The molecule has 0 bridgehead atoms. The van der Waals surface area contributed by atoms with Crippen molar-refractivity contribution in [3.8, 4) is 0 Å². The van der Waals surface area contributed by atoms with Crippen molar-refractivity contribution in [1.82, 2.24) is 4.90 Å². The quantitative estimate of drug-likeness (QED) is 0.821. The summed E-state index contributed by atoms with van der Waals surface area (Å²) in [5.74, 6) is 0.239. The number of thiophene rings is 1. The molecule has 0 N–H and O–H groups in total. The van der Waals surface area contributed by atoms with Gasteiger partial charge in [-0.25, -0.2) is 0 Å². The Morgan fingerprint density at radius 2 is 2.08 bits per heavy atom. The van der Waals surface area contributed by atoms with E-state index in [1.54, 1.807) is 18.4 Å². The molecule has 1 spiro atoms. The number of aryl methyl sites for hydroxylation is 1. The number of fused-ring (bicyclic) bond motifs is 1. The zero-order valence-corrected chi connectivity index (χ0v) is 15.3. The van der Waals surface area contributed by atoms with E-state index in [9.17, 15) is 4.79 Å². The molecule has 1 aromatic rings. The molecule has 1 aliphatic carbocycles. The van der Waals surface area contributed by atoms with E-state index in [1.807, 2.05) is 4.90 Å². The summed E-state index contributed by atoms with van der Waals surface area (Å²) < 4.78 is 11.9. The molecule has 132 valence electrons. The highest BCUT2D eigenvalue weighted by atomic mass is 32.1. The molecule has 3 heterocycles. The fourth-order valence-corrected chi connectivity index (χ4v) is 5.76. The number of carbonyl (C=O) groups excluding carboxylic acids is 1. The molecule has 5 heteroatoms. The van der Waals surface area contributed by atoms with Crippen molar-refractivity contribution in [2.75, 3.05) is 26.8 Å². The first-order valence-electron chi connectivity index (χ1n) is 9.29. The maximum absolute atomic E-state index is 13.0. The van der Waals surface area contributed by atoms with E-state index in [2.05, 4.69) is 5.38 Å². The zero-order chi connectivity index (χ0) is 16.6. The minimum atomic E-state index is -0.168. The number of piperidine rings is 1. The van der Waals surface area contributed by atoms with Gasteiger partial charge in [-0.1, -0.05) is 0 Å². The van der Waals surface area contributed by atoms with Crippen molar-refractivity contribution in [2.24, 2.45) is 0 Å². The molecule has 24 heavy (non-hydrogen) atoms. The lowest BCUT2D eigenvalue weighted by Gasteiger charge is -2.48. The first-order valence-corrected chi connectivity index (χ1v) is 10.2. The number of hydrogen-bond donors (Lipinski definition) is 0. The molecule has 1 unspecified atom stereocenters. The van der Waals surface area contributed by atoms with Crippen molar-refractivity contribution in [1.29, 1.82) is 0 Å². The molecule has 1 aromatic heterocycles. The third kappa shape index (κ3) is 2.80. The van der Waals surface area contributed by atoms with Gasteiger partial charge < -0.3 is 14.4 Å². The Kier molecular flexibility index (Phi) is 4.67. The van der Waals surface area contributed by atoms with Gasteiger partial charge in [-0.2, -0.15) is 0 Å². The average molecular weight is 349 g/mol. The molecule has 1 atom stereocenters. The number of hydrogen-bond acceptors (Lipinski definition) is 4. The van der Waals surface area contributed by atoms with Crippen LogP contribution in [0.5, 0.6) is 0 Å². The molecule has 0 saturated carbocycles. The van der Waals surface area contributed by atoms with Crippen LogP contribution in [0.1, 0.15) is 59.3 Å². The van der Waals surface area contributed by atoms with E-state index in [0.29, 0.717) is 0 Å². The van der Waals surface area contributed by atoms with E-state index in [0.717, 1.165) is 63.1 Å². The van der Waals surface area contributed by atoms with Gasteiger partial charge in [0.2, 0.25) is 0 Å². The molecule has 0 radical (unpaired) electrons. The Morgan fingerprint density at radius 1 is 1.29 bits per heavy atom. The first-order chi connectivity index (χ1) is 11.7. The van der Waals surface area contributed by atoms with E-state index < -0.39 is 0 Å². The second kappa shape index (κ2) is 6.77. The SMILES string of the molecule is COC1CCCOC12CCN(C(=O)c1scc3c1CCCC3)CC2. The van der Waals surface area contributed by atoms with Crippen molar-refractivity contribution in [2.45, 2.75) is 63.1 Å². The first kappa shape index (κ1) is 16.6. The highest BCUT2D eigenvalue weighted by Crippen LogP contribution is 2.38. The second-order valence-corrected chi connectivity index (χ2v) is 8.23. The fraction of sp³-hybridized carbons (Fsp3) is 0.737. The molecule has 4 nitrogen and oxygen atoms in total. The highest BCUT2D eigenvalue weighted by Gasteiger charge is 2.45. The number of likely N-dealkylation sites (tertiary alicyclic amines) is 1. The number of carbonyl (C=O) groups is 1. The fourth-order valence-electron chi connectivity index (χ4n) is 4.63. The van der Waals surface area contributed by atoms with E-state index >= 15 is 0 Å². The van der Waals surface area contributed by atoms with Crippen LogP contribution in [-0.4, -0.2) is 49.3 Å². The van der Waals surface area contributed by atoms with Crippen LogP contribution in [0.4, 0.5) is 0 Å². The number of ether oxygens (including phenoxy) is 2.